The van der Waals surface area contributed by atoms with Crippen LogP contribution >= 0.6 is 0 Å². The van der Waals surface area contributed by atoms with Gasteiger partial charge in [-0.15, -0.1) is 0 Å². The third-order valence-electron chi connectivity index (χ3n) is 1.35. The second-order valence-electron chi connectivity index (χ2n) is 2.57. The van der Waals surface area contributed by atoms with E-state index in [4.69, 9.17) is 26.9 Å². The molecule has 10 heteroatoms. The van der Waals surface area contributed by atoms with Crippen LogP contribution in [0.5, 0.6) is 11.9 Å². The molecule has 0 fully saturated rings. The smallest absolute Gasteiger partial charge is 0.485 e. The fourth-order valence-electron chi connectivity index (χ4n) is 0.592. The number of alkyl halides is 3. The molecular formula is C8H9F3O6S. The van der Waals surface area contributed by atoms with E-state index in [1.807, 2.05) is 0 Å². The Morgan fingerprint density at radius 2 is 1.50 bits per heavy atom. The summed E-state index contributed by atoms with van der Waals surface area (Å²) in [4.78, 5) is 0. The van der Waals surface area contributed by atoms with Crippen LogP contribution in [0.2, 0.25) is 0 Å². The monoisotopic (exact) mass is 290 g/mol. The fraction of sp³-hybridized carbons (Fsp3) is 0.375. The van der Waals surface area contributed by atoms with Crippen LogP contribution in [0.25, 0.3) is 0 Å². The highest BCUT2D eigenvalue weighted by atomic mass is 32.2. The first kappa shape index (κ1) is 16.4. The van der Waals surface area contributed by atoms with Crippen molar-refractivity contribution in [2.75, 3.05) is 14.2 Å². The van der Waals surface area contributed by atoms with E-state index in [-0.39, 0.29) is 0 Å². The molecule has 0 unspecified atom stereocenters. The van der Waals surface area contributed by atoms with Gasteiger partial charge >= 0.3 is 17.4 Å². The van der Waals surface area contributed by atoms with E-state index in [1.54, 1.807) is 18.2 Å². The van der Waals surface area contributed by atoms with Crippen molar-refractivity contribution >= 4 is 10.1 Å². The van der Waals surface area contributed by atoms with Gasteiger partial charge in [0.15, 0.2) is 10.1 Å². The zero-order chi connectivity index (χ0) is 14.4. The highest BCUT2D eigenvalue weighted by Crippen LogP contribution is 2.20. The number of ether oxygens (including phenoxy) is 2. The molecule has 0 saturated carbocycles. The van der Waals surface area contributed by atoms with Crippen molar-refractivity contribution in [1.29, 1.82) is 0 Å². The van der Waals surface area contributed by atoms with E-state index in [0.29, 0.717) is 11.9 Å². The first-order chi connectivity index (χ1) is 8.11. The summed E-state index contributed by atoms with van der Waals surface area (Å²) in [6, 6.07) is 5.21. The topological polar surface area (TPSA) is 87.0 Å². The van der Waals surface area contributed by atoms with Crippen LogP contribution in [0, 0.1) is 0 Å². The highest BCUT2D eigenvalue weighted by molar-refractivity contribution is 7.86. The average molecular weight is 290 g/mol. The summed E-state index contributed by atoms with van der Waals surface area (Å²) in [5.41, 5.74) is -5.65. The second kappa shape index (κ2) is 6.40. The number of hydrogen-bond donors (Lipinski definition) is 0. The summed E-state index contributed by atoms with van der Waals surface area (Å²) in [6.07, 6.45) is 0. The maximum Gasteiger partial charge on any atom is 0.485 e. The molecule has 1 rings (SSSR count). The van der Waals surface area contributed by atoms with Gasteiger partial charge in [-0.1, -0.05) is 0 Å². The van der Waals surface area contributed by atoms with Gasteiger partial charge in [0, 0.05) is 0 Å². The van der Waals surface area contributed by atoms with Crippen LogP contribution in [0.4, 0.5) is 13.2 Å². The molecule has 0 radical (unpaired) electrons. The lowest BCUT2D eigenvalue weighted by molar-refractivity contribution is -0.0517. The lowest BCUT2D eigenvalue weighted by Gasteiger charge is -2.08. The number of rotatable bonds is 2. The maximum absolute atomic E-state index is 10.7. The molecule has 1 aromatic heterocycles. The van der Waals surface area contributed by atoms with E-state index in [9.17, 15) is 13.2 Å². The summed E-state index contributed by atoms with van der Waals surface area (Å²) < 4.78 is 73.6. The first-order valence-corrected chi connectivity index (χ1v) is 5.56. The Labute approximate surface area is 101 Å². The fourth-order valence-corrected chi connectivity index (χ4v) is 0.592. The molecule has 0 N–H and O–H groups in total. The van der Waals surface area contributed by atoms with E-state index in [1.165, 1.54) is 14.2 Å². The van der Waals surface area contributed by atoms with Gasteiger partial charge in [0.2, 0.25) is 0 Å². The minimum atomic E-state index is -6.09. The van der Waals surface area contributed by atoms with Crippen molar-refractivity contribution in [3.05, 3.63) is 18.2 Å². The van der Waals surface area contributed by atoms with Crippen LogP contribution in [-0.4, -0.2) is 32.7 Å². The Morgan fingerprint density at radius 1 is 1.17 bits per heavy atom. The van der Waals surface area contributed by atoms with Crippen LogP contribution in [-0.2, 0) is 10.1 Å². The first-order valence-electron chi connectivity index (χ1n) is 4.15. The Balaban J connectivity index is 0.000000331. The van der Waals surface area contributed by atoms with Crippen molar-refractivity contribution in [3.8, 4) is 11.9 Å². The zero-order valence-corrected chi connectivity index (χ0v) is 10.0. The third kappa shape index (κ3) is 5.68. The predicted molar refractivity (Wildman–Crippen MR) is 52.0 cm³/mol. The van der Waals surface area contributed by atoms with Crippen molar-refractivity contribution in [3.63, 3.8) is 0 Å². The summed E-state index contributed by atoms with van der Waals surface area (Å²) in [7, 11) is -3.01. The Bertz CT molecular complexity index is 451. The van der Waals surface area contributed by atoms with E-state index >= 15 is 0 Å². The van der Waals surface area contributed by atoms with E-state index in [2.05, 4.69) is 0 Å². The predicted octanol–water partition coefficient (Wildman–Crippen LogP) is 1.63. The van der Waals surface area contributed by atoms with Crippen molar-refractivity contribution in [1.82, 2.24) is 0 Å². The normalized spacial score (nSPS) is 11.2. The summed E-state index contributed by atoms with van der Waals surface area (Å²) >= 11 is 0. The molecule has 0 spiro atoms. The SMILES string of the molecule is COc1cccc(OC)[o+]1.O=S(=O)([O-])C(F)(F)F. The Kier molecular flexibility index (Phi) is 5.85. The maximum atomic E-state index is 10.7. The molecule has 1 aromatic rings. The van der Waals surface area contributed by atoms with Gasteiger partial charge in [0.1, 0.15) is 14.2 Å². The molecule has 0 atom stereocenters. The summed E-state index contributed by atoms with van der Waals surface area (Å²) in [5, 5.41) is 0. The van der Waals surface area contributed by atoms with E-state index in [0.717, 1.165) is 0 Å². The molecular weight excluding hydrogens is 281 g/mol. The number of methoxy groups -OCH3 is 2. The molecule has 0 amide bonds. The lowest BCUT2D eigenvalue weighted by Crippen LogP contribution is -2.21. The minimum absolute atomic E-state index is 0.444. The van der Waals surface area contributed by atoms with Gasteiger partial charge in [-0.2, -0.15) is 13.2 Å². The Hall–Kier alpha value is -1.55. The lowest BCUT2D eigenvalue weighted by atomic mass is 10.5. The van der Waals surface area contributed by atoms with E-state index < -0.39 is 15.6 Å². The second-order valence-corrected chi connectivity index (χ2v) is 3.95. The average Bonchev–Trinajstić information content (AvgIpc) is 2.27. The van der Waals surface area contributed by atoms with Crippen LogP contribution in [0.15, 0.2) is 22.6 Å². The third-order valence-corrected chi connectivity index (χ3v) is 1.92. The van der Waals surface area contributed by atoms with Crippen LogP contribution < -0.4 is 9.47 Å². The van der Waals surface area contributed by atoms with Gasteiger partial charge in [0.05, 0.1) is 12.1 Å². The van der Waals surface area contributed by atoms with Gasteiger partial charge in [-0.25, -0.2) is 8.42 Å². The molecule has 6 nitrogen and oxygen atoms in total. The zero-order valence-electron chi connectivity index (χ0n) is 9.22. The minimum Gasteiger partial charge on any atom is -0.741 e. The number of hydrogen-bond acceptors (Lipinski definition) is 5. The Morgan fingerprint density at radius 3 is 1.72 bits per heavy atom. The molecule has 18 heavy (non-hydrogen) atoms. The van der Waals surface area contributed by atoms with Gasteiger partial charge < -0.3 is 14.0 Å². The largest absolute Gasteiger partial charge is 0.741 e. The van der Waals surface area contributed by atoms with Gasteiger partial charge in [-0.3, -0.25) is 4.42 Å². The molecule has 0 aromatic carbocycles. The van der Waals surface area contributed by atoms with Gasteiger partial charge in [-0.05, 0) is 6.07 Å². The molecule has 0 bridgehead atoms. The summed E-state index contributed by atoms with van der Waals surface area (Å²) in [6.45, 7) is 0. The number of halogens is 3. The standard InChI is InChI=1S/C7H9O3.CHF3O3S/c1-8-6-4-3-5-7(9-2)10-6;2-1(3,4)8(5,6)7/h3-5H,1-2H3;(H,5,6,7)/q+1;/p-1. The molecule has 0 aliphatic rings. The molecule has 0 saturated heterocycles. The quantitative estimate of drug-likeness (QED) is 0.467. The van der Waals surface area contributed by atoms with Crippen LogP contribution in [0.1, 0.15) is 0 Å². The highest BCUT2D eigenvalue weighted by Gasteiger charge is 2.36. The molecule has 104 valence electrons. The summed E-state index contributed by atoms with van der Waals surface area (Å²) in [5.74, 6) is 0.888. The molecule has 0 aliphatic carbocycles. The van der Waals surface area contributed by atoms with Crippen molar-refractivity contribution < 1.29 is 40.0 Å². The molecule has 0 aliphatic heterocycles. The molecule has 1 heterocycles. The van der Waals surface area contributed by atoms with Crippen molar-refractivity contribution in [2.45, 2.75) is 5.51 Å². The van der Waals surface area contributed by atoms with Crippen LogP contribution in [0.3, 0.4) is 0 Å². The van der Waals surface area contributed by atoms with Gasteiger partial charge in [0.25, 0.3) is 0 Å². The van der Waals surface area contributed by atoms with Crippen molar-refractivity contribution in [2.24, 2.45) is 0 Å².